The lowest BCUT2D eigenvalue weighted by Gasteiger charge is -2.30. The van der Waals surface area contributed by atoms with E-state index in [1.165, 1.54) is 24.6 Å². The molecule has 0 heterocycles. The number of rotatable bonds is 4. The molecule has 5 nitrogen and oxygen atoms in total. The molecule has 0 aliphatic heterocycles. The summed E-state index contributed by atoms with van der Waals surface area (Å²) in [6, 6.07) is 4.30. The van der Waals surface area contributed by atoms with Crippen molar-refractivity contribution in [3.05, 3.63) is 38.9 Å². The highest BCUT2D eigenvalue weighted by molar-refractivity contribution is 6.35. The maximum absolute atomic E-state index is 12.2. The average Bonchev–Trinajstić information content (AvgIpc) is 2.32. The summed E-state index contributed by atoms with van der Waals surface area (Å²) in [6.07, 6.45) is 3.49. The van der Waals surface area contributed by atoms with Crippen molar-refractivity contribution >= 4 is 23.2 Å². The van der Waals surface area contributed by atoms with E-state index in [1.54, 1.807) is 11.9 Å². The number of benzene rings is 1. The van der Waals surface area contributed by atoms with Crippen LogP contribution in [0.4, 0.5) is 5.69 Å². The molecule has 2 rings (SSSR count). The first-order valence-electron chi connectivity index (χ1n) is 6.19. The van der Waals surface area contributed by atoms with Gasteiger partial charge in [0.2, 0.25) is 0 Å². The molecule has 0 bridgehead atoms. The van der Waals surface area contributed by atoms with Crippen LogP contribution in [0.3, 0.4) is 0 Å². The number of halogens is 1. The summed E-state index contributed by atoms with van der Waals surface area (Å²) in [5.41, 5.74) is -0.0396. The number of nitro groups is 1. The Balaban J connectivity index is 2.18. The lowest BCUT2D eigenvalue weighted by molar-refractivity contribution is -0.384. The third-order valence-corrected chi connectivity index (χ3v) is 3.91. The maximum Gasteiger partial charge on any atom is 0.288 e. The molecule has 1 aromatic carbocycles. The highest BCUT2D eigenvalue weighted by atomic mass is 35.5. The third-order valence-electron chi connectivity index (χ3n) is 3.51. The number of hydrogen-bond acceptors (Lipinski definition) is 3. The number of hydrogen-bond donors (Lipinski definition) is 0. The highest BCUT2D eigenvalue weighted by Crippen LogP contribution is 2.30. The van der Waals surface area contributed by atoms with E-state index in [0.717, 1.165) is 12.8 Å². The Morgan fingerprint density at radius 1 is 1.53 bits per heavy atom. The van der Waals surface area contributed by atoms with Gasteiger partial charge in [-0.2, -0.15) is 0 Å². The quantitative estimate of drug-likeness (QED) is 0.629. The lowest BCUT2D eigenvalue weighted by Crippen LogP contribution is -2.34. The molecule has 1 aromatic rings. The van der Waals surface area contributed by atoms with E-state index < -0.39 is 4.92 Å². The normalized spacial score (nSPS) is 14.8. The SMILES string of the molecule is CN(CC1CCC1)C(=O)c1cccc([N+](=O)[O-])c1Cl. The molecule has 1 amide bonds. The van der Waals surface area contributed by atoms with Crippen LogP contribution in [-0.2, 0) is 0 Å². The molecule has 0 radical (unpaired) electrons. The smallest absolute Gasteiger partial charge is 0.288 e. The van der Waals surface area contributed by atoms with Crippen molar-refractivity contribution in [1.82, 2.24) is 4.90 Å². The minimum absolute atomic E-state index is 0.0852. The van der Waals surface area contributed by atoms with E-state index in [9.17, 15) is 14.9 Å². The summed E-state index contributed by atoms with van der Waals surface area (Å²) in [4.78, 5) is 24.0. The predicted octanol–water partition coefficient (Wildman–Crippen LogP) is 3.12. The molecule has 1 saturated carbocycles. The highest BCUT2D eigenvalue weighted by Gasteiger charge is 2.25. The molecule has 0 N–H and O–H groups in total. The van der Waals surface area contributed by atoms with Crippen molar-refractivity contribution in [3.63, 3.8) is 0 Å². The van der Waals surface area contributed by atoms with Gasteiger partial charge < -0.3 is 4.90 Å². The van der Waals surface area contributed by atoms with Crippen LogP contribution < -0.4 is 0 Å². The van der Waals surface area contributed by atoms with E-state index in [2.05, 4.69) is 0 Å². The molecule has 0 saturated heterocycles. The van der Waals surface area contributed by atoms with Crippen LogP contribution in [-0.4, -0.2) is 29.3 Å². The Morgan fingerprint density at radius 2 is 2.21 bits per heavy atom. The van der Waals surface area contributed by atoms with E-state index >= 15 is 0 Å². The number of nitrogens with zero attached hydrogens (tertiary/aromatic N) is 2. The van der Waals surface area contributed by atoms with Gasteiger partial charge in [0, 0.05) is 19.7 Å². The van der Waals surface area contributed by atoms with Crippen molar-refractivity contribution in [3.8, 4) is 0 Å². The monoisotopic (exact) mass is 282 g/mol. The first kappa shape index (κ1) is 13.8. The maximum atomic E-state index is 12.2. The first-order valence-corrected chi connectivity index (χ1v) is 6.57. The zero-order chi connectivity index (χ0) is 14.0. The van der Waals surface area contributed by atoms with Gasteiger partial charge in [-0.25, -0.2) is 0 Å². The van der Waals surface area contributed by atoms with Gasteiger partial charge in [0.25, 0.3) is 11.6 Å². The lowest BCUT2D eigenvalue weighted by atomic mass is 9.85. The molecule has 0 aromatic heterocycles. The molecule has 1 aliphatic rings. The minimum Gasteiger partial charge on any atom is -0.341 e. The van der Waals surface area contributed by atoms with Crippen molar-refractivity contribution in [2.45, 2.75) is 19.3 Å². The predicted molar refractivity (Wildman–Crippen MR) is 72.4 cm³/mol. The average molecular weight is 283 g/mol. The minimum atomic E-state index is -0.578. The molecule has 1 aliphatic carbocycles. The third kappa shape index (κ3) is 2.87. The van der Waals surface area contributed by atoms with Crippen LogP contribution >= 0.6 is 11.6 Å². The van der Waals surface area contributed by atoms with Crippen LogP contribution in [0.25, 0.3) is 0 Å². The second-order valence-corrected chi connectivity index (χ2v) is 5.26. The molecular formula is C13H15ClN2O3. The van der Waals surface area contributed by atoms with Crippen molar-refractivity contribution in [2.24, 2.45) is 5.92 Å². The van der Waals surface area contributed by atoms with E-state index in [1.807, 2.05) is 0 Å². The summed E-state index contributed by atoms with van der Waals surface area (Å²) in [7, 11) is 1.70. The topological polar surface area (TPSA) is 63.5 Å². The number of carbonyl (C=O) groups is 1. The fourth-order valence-electron chi connectivity index (χ4n) is 2.18. The molecule has 1 fully saturated rings. The van der Waals surface area contributed by atoms with Crippen LogP contribution in [0.1, 0.15) is 29.6 Å². The Bertz CT molecular complexity index is 515. The van der Waals surface area contributed by atoms with Crippen LogP contribution in [0.15, 0.2) is 18.2 Å². The Labute approximate surface area is 116 Å². The van der Waals surface area contributed by atoms with Gasteiger partial charge in [-0.1, -0.05) is 24.1 Å². The van der Waals surface area contributed by atoms with E-state index in [0.29, 0.717) is 12.5 Å². The summed E-state index contributed by atoms with van der Waals surface area (Å²) in [5, 5.41) is 10.7. The van der Waals surface area contributed by atoms with Crippen molar-refractivity contribution in [2.75, 3.05) is 13.6 Å². The number of nitro benzene ring substituents is 1. The number of amides is 1. The summed E-state index contributed by atoms with van der Waals surface area (Å²) >= 11 is 5.94. The van der Waals surface area contributed by atoms with Crippen LogP contribution in [0.2, 0.25) is 5.02 Å². The Kier molecular flexibility index (Phi) is 4.04. The fourth-order valence-corrected chi connectivity index (χ4v) is 2.45. The summed E-state index contributed by atoms with van der Waals surface area (Å²) in [5.74, 6) is 0.284. The second kappa shape index (κ2) is 5.57. The van der Waals surface area contributed by atoms with Crippen molar-refractivity contribution in [1.29, 1.82) is 0 Å². The molecule has 6 heteroatoms. The van der Waals surface area contributed by atoms with Crippen LogP contribution in [0, 0.1) is 16.0 Å². The van der Waals surface area contributed by atoms with Gasteiger partial charge in [0.05, 0.1) is 10.5 Å². The molecular weight excluding hydrogens is 268 g/mol. The van der Waals surface area contributed by atoms with Gasteiger partial charge in [-0.3, -0.25) is 14.9 Å². The molecule has 19 heavy (non-hydrogen) atoms. The Morgan fingerprint density at radius 3 is 2.74 bits per heavy atom. The summed E-state index contributed by atoms with van der Waals surface area (Å²) < 4.78 is 0. The molecule has 0 atom stereocenters. The first-order chi connectivity index (χ1) is 9.00. The van der Waals surface area contributed by atoms with Crippen LogP contribution in [0.5, 0.6) is 0 Å². The zero-order valence-electron chi connectivity index (χ0n) is 10.6. The number of carbonyl (C=O) groups excluding carboxylic acids is 1. The molecule has 0 spiro atoms. The fraction of sp³-hybridized carbons (Fsp3) is 0.462. The standard InChI is InChI=1S/C13H15ClN2O3/c1-15(8-9-4-2-5-9)13(17)10-6-3-7-11(12(10)14)16(18)19/h3,6-7,9H,2,4-5,8H2,1H3. The molecule has 102 valence electrons. The molecule has 0 unspecified atom stereocenters. The van der Waals surface area contributed by atoms with Crippen molar-refractivity contribution < 1.29 is 9.72 Å². The second-order valence-electron chi connectivity index (χ2n) is 4.88. The summed E-state index contributed by atoms with van der Waals surface area (Å²) in [6.45, 7) is 0.678. The van der Waals surface area contributed by atoms with E-state index in [4.69, 9.17) is 11.6 Å². The largest absolute Gasteiger partial charge is 0.341 e. The van der Waals surface area contributed by atoms with Gasteiger partial charge >= 0.3 is 0 Å². The van der Waals surface area contributed by atoms with Gasteiger partial charge in [-0.05, 0) is 24.8 Å². The zero-order valence-corrected chi connectivity index (χ0v) is 11.4. The van der Waals surface area contributed by atoms with Gasteiger partial charge in [-0.15, -0.1) is 0 Å². The van der Waals surface area contributed by atoms with Gasteiger partial charge in [0.1, 0.15) is 5.02 Å². The van der Waals surface area contributed by atoms with E-state index in [-0.39, 0.29) is 22.2 Å². The van der Waals surface area contributed by atoms with Gasteiger partial charge in [0.15, 0.2) is 0 Å². The Hall–Kier alpha value is -1.62.